The molecule has 6 nitrogen and oxygen atoms in total. The molecule has 2 unspecified atom stereocenters. The second kappa shape index (κ2) is 10.2. The first kappa shape index (κ1) is 24.6. The van der Waals surface area contributed by atoms with Gasteiger partial charge in [0.1, 0.15) is 18.0 Å². The van der Waals surface area contributed by atoms with Gasteiger partial charge in [0.05, 0.1) is 0 Å². The number of likely N-dealkylation sites (N-methyl/N-ethyl adjacent to an activating group) is 1. The van der Waals surface area contributed by atoms with E-state index in [1.54, 1.807) is 22.9 Å². The lowest BCUT2D eigenvalue weighted by atomic mass is 9.83. The third kappa shape index (κ3) is 6.46. The Morgan fingerprint density at radius 2 is 1.85 bits per heavy atom. The molecule has 0 bridgehead atoms. The van der Waals surface area contributed by atoms with Gasteiger partial charge < -0.3 is 19.3 Å². The van der Waals surface area contributed by atoms with Crippen molar-refractivity contribution in [1.82, 2.24) is 9.80 Å². The average Bonchev–Trinajstić information content (AvgIpc) is 2.76. The Morgan fingerprint density at radius 3 is 2.48 bits per heavy atom. The van der Waals surface area contributed by atoms with Gasteiger partial charge in [-0.2, -0.15) is 0 Å². The normalized spacial score (nSPS) is 18.5. The van der Waals surface area contributed by atoms with E-state index in [1.807, 2.05) is 58.0 Å². The standard InChI is InChI=1S/C26H33FN2O4/c1-18-15-20(27)11-12-21(18)22-16-29(25(31)33-26(2,3)4)14-13-23(22)28(5)24(30)32-17-19-9-7-6-8-10-19/h6-12,15,22-23H,13-14,16-17H2,1-5H3. The number of hydrogen-bond donors (Lipinski definition) is 0. The van der Waals surface area contributed by atoms with E-state index < -0.39 is 11.7 Å². The van der Waals surface area contributed by atoms with E-state index in [1.165, 1.54) is 12.1 Å². The van der Waals surface area contributed by atoms with Crippen molar-refractivity contribution in [3.05, 3.63) is 71.0 Å². The summed E-state index contributed by atoms with van der Waals surface area (Å²) in [4.78, 5) is 28.9. The van der Waals surface area contributed by atoms with Gasteiger partial charge in [-0.1, -0.05) is 36.4 Å². The fraction of sp³-hybridized carbons (Fsp3) is 0.462. The van der Waals surface area contributed by atoms with E-state index in [0.717, 1.165) is 16.7 Å². The van der Waals surface area contributed by atoms with Crippen LogP contribution in [-0.2, 0) is 16.1 Å². The summed E-state index contributed by atoms with van der Waals surface area (Å²) in [7, 11) is 1.72. The molecule has 0 saturated carbocycles. The lowest BCUT2D eigenvalue weighted by Gasteiger charge is -2.43. The smallest absolute Gasteiger partial charge is 0.410 e. The molecule has 1 aliphatic heterocycles. The number of carbonyl (C=O) groups is 2. The largest absolute Gasteiger partial charge is 0.445 e. The van der Waals surface area contributed by atoms with E-state index >= 15 is 0 Å². The zero-order valence-corrected chi connectivity index (χ0v) is 20.0. The van der Waals surface area contributed by atoms with E-state index in [9.17, 15) is 14.0 Å². The minimum absolute atomic E-state index is 0.182. The van der Waals surface area contributed by atoms with Crippen molar-refractivity contribution in [3.63, 3.8) is 0 Å². The number of likely N-dealkylation sites (tertiary alicyclic amines) is 1. The van der Waals surface area contributed by atoms with E-state index in [4.69, 9.17) is 9.47 Å². The molecule has 0 aromatic heterocycles. The quantitative estimate of drug-likeness (QED) is 0.610. The fourth-order valence-corrected chi connectivity index (χ4v) is 4.21. The first-order valence-corrected chi connectivity index (χ1v) is 11.2. The average molecular weight is 457 g/mol. The summed E-state index contributed by atoms with van der Waals surface area (Å²) in [6, 6.07) is 13.9. The highest BCUT2D eigenvalue weighted by molar-refractivity contribution is 5.70. The predicted molar refractivity (Wildman–Crippen MR) is 124 cm³/mol. The Labute approximate surface area is 195 Å². The van der Waals surface area contributed by atoms with E-state index in [-0.39, 0.29) is 30.5 Å². The Kier molecular flexibility index (Phi) is 7.61. The number of aryl methyl sites for hydroxylation is 1. The van der Waals surface area contributed by atoms with Crippen LogP contribution in [0.2, 0.25) is 0 Å². The van der Waals surface area contributed by atoms with E-state index in [2.05, 4.69) is 0 Å². The number of carbonyl (C=O) groups excluding carboxylic acids is 2. The molecule has 33 heavy (non-hydrogen) atoms. The van der Waals surface area contributed by atoms with Crippen LogP contribution in [0.3, 0.4) is 0 Å². The summed E-state index contributed by atoms with van der Waals surface area (Å²) in [5.41, 5.74) is 1.98. The molecule has 178 valence electrons. The third-order valence-corrected chi connectivity index (χ3v) is 5.85. The molecule has 2 aromatic rings. The van der Waals surface area contributed by atoms with Crippen LogP contribution < -0.4 is 0 Å². The molecule has 3 rings (SSSR count). The predicted octanol–water partition coefficient (Wildman–Crippen LogP) is 5.50. The van der Waals surface area contributed by atoms with Crippen molar-refractivity contribution < 1.29 is 23.5 Å². The van der Waals surface area contributed by atoms with Crippen molar-refractivity contribution in [2.75, 3.05) is 20.1 Å². The molecule has 0 N–H and O–H groups in total. The molecule has 2 atom stereocenters. The van der Waals surface area contributed by atoms with Gasteiger partial charge >= 0.3 is 12.2 Å². The Hall–Kier alpha value is -3.09. The summed E-state index contributed by atoms with van der Waals surface area (Å²) >= 11 is 0. The molecule has 7 heteroatoms. The molecule has 1 saturated heterocycles. The number of hydrogen-bond acceptors (Lipinski definition) is 4. The Bertz CT molecular complexity index is 974. The molecule has 0 aliphatic carbocycles. The van der Waals surface area contributed by atoms with Crippen LogP contribution in [0.25, 0.3) is 0 Å². The molecular weight excluding hydrogens is 423 g/mol. The number of amides is 2. The van der Waals surface area contributed by atoms with Crippen molar-refractivity contribution in [3.8, 4) is 0 Å². The van der Waals surface area contributed by atoms with Gasteiger partial charge in [0.25, 0.3) is 0 Å². The molecule has 2 amide bonds. The first-order valence-electron chi connectivity index (χ1n) is 11.2. The van der Waals surface area contributed by atoms with Gasteiger partial charge in [-0.3, -0.25) is 0 Å². The minimum atomic E-state index is -0.604. The highest BCUT2D eigenvalue weighted by atomic mass is 19.1. The zero-order valence-electron chi connectivity index (χ0n) is 20.0. The minimum Gasteiger partial charge on any atom is -0.445 e. The first-order chi connectivity index (χ1) is 15.5. The van der Waals surface area contributed by atoms with Gasteiger partial charge in [-0.05, 0) is 62.9 Å². The topological polar surface area (TPSA) is 59.1 Å². The summed E-state index contributed by atoms with van der Waals surface area (Å²) < 4.78 is 24.9. The van der Waals surface area contributed by atoms with Crippen molar-refractivity contribution in [1.29, 1.82) is 0 Å². The van der Waals surface area contributed by atoms with Crippen molar-refractivity contribution in [2.45, 2.75) is 58.3 Å². The summed E-state index contributed by atoms with van der Waals surface area (Å²) in [6.07, 6.45) is -0.267. The van der Waals surface area contributed by atoms with Crippen LogP contribution in [0, 0.1) is 12.7 Å². The maximum atomic E-state index is 13.8. The molecule has 0 radical (unpaired) electrons. The highest BCUT2D eigenvalue weighted by Gasteiger charge is 2.38. The monoisotopic (exact) mass is 456 g/mol. The second-order valence-electron chi connectivity index (χ2n) is 9.54. The van der Waals surface area contributed by atoms with Gasteiger partial charge in [0.2, 0.25) is 0 Å². The molecule has 0 spiro atoms. The number of halogens is 1. The SMILES string of the molecule is Cc1cc(F)ccc1C1CN(C(=O)OC(C)(C)C)CCC1N(C)C(=O)OCc1ccccc1. The summed E-state index contributed by atoms with van der Waals surface area (Å²) in [5, 5.41) is 0. The molecule has 1 heterocycles. The third-order valence-electron chi connectivity index (χ3n) is 5.85. The molecule has 2 aromatic carbocycles. The van der Waals surface area contributed by atoms with Gasteiger partial charge in [0, 0.05) is 32.1 Å². The summed E-state index contributed by atoms with van der Waals surface area (Å²) in [5.74, 6) is -0.524. The highest BCUT2D eigenvalue weighted by Crippen LogP contribution is 2.33. The van der Waals surface area contributed by atoms with Crippen LogP contribution in [-0.4, -0.2) is 53.8 Å². The fourth-order valence-electron chi connectivity index (χ4n) is 4.21. The molecular formula is C26H33FN2O4. The molecule has 1 aliphatic rings. The Balaban J connectivity index is 1.79. The lowest BCUT2D eigenvalue weighted by molar-refractivity contribution is 0.0111. The Morgan fingerprint density at radius 1 is 1.15 bits per heavy atom. The van der Waals surface area contributed by atoms with Crippen LogP contribution in [0.5, 0.6) is 0 Å². The zero-order chi connectivity index (χ0) is 24.2. The van der Waals surface area contributed by atoms with Crippen molar-refractivity contribution >= 4 is 12.2 Å². The lowest BCUT2D eigenvalue weighted by Crippen LogP contribution is -2.52. The second-order valence-corrected chi connectivity index (χ2v) is 9.54. The van der Waals surface area contributed by atoms with Crippen LogP contribution >= 0.6 is 0 Å². The van der Waals surface area contributed by atoms with E-state index in [0.29, 0.717) is 19.5 Å². The molecule has 1 fully saturated rings. The van der Waals surface area contributed by atoms with Gasteiger partial charge in [-0.15, -0.1) is 0 Å². The van der Waals surface area contributed by atoms with Crippen LogP contribution in [0.1, 0.15) is 49.8 Å². The number of piperidine rings is 1. The number of ether oxygens (including phenoxy) is 2. The summed E-state index contributed by atoms with van der Waals surface area (Å²) in [6.45, 7) is 8.33. The number of benzene rings is 2. The van der Waals surface area contributed by atoms with Crippen molar-refractivity contribution in [2.24, 2.45) is 0 Å². The van der Waals surface area contributed by atoms with Gasteiger partial charge in [0.15, 0.2) is 0 Å². The van der Waals surface area contributed by atoms with Crippen LogP contribution in [0.15, 0.2) is 48.5 Å². The maximum absolute atomic E-state index is 13.8. The number of nitrogens with zero attached hydrogens (tertiary/aromatic N) is 2. The van der Waals surface area contributed by atoms with Gasteiger partial charge in [-0.25, -0.2) is 14.0 Å². The maximum Gasteiger partial charge on any atom is 0.410 e. The number of rotatable bonds is 4. The van der Waals surface area contributed by atoms with Crippen LogP contribution in [0.4, 0.5) is 14.0 Å².